The maximum atomic E-state index is 6.14. The number of aliphatic imine (C=N–C) groups is 1. The van der Waals surface area contributed by atoms with E-state index in [4.69, 9.17) is 16.6 Å². The molecule has 0 fully saturated rings. The van der Waals surface area contributed by atoms with Gasteiger partial charge in [-0.05, 0) is 18.6 Å². The summed E-state index contributed by atoms with van der Waals surface area (Å²) in [6, 6.07) is 16.3. The summed E-state index contributed by atoms with van der Waals surface area (Å²) in [5, 5.41) is 8.68. The SMILES string of the molecule is CCC1N=C(c2ccccc2)c2c(Br)cccc2-n2c(CCl)nnc21. The van der Waals surface area contributed by atoms with E-state index in [1.807, 2.05) is 30.3 Å². The zero-order chi connectivity index (χ0) is 17.4. The van der Waals surface area contributed by atoms with Gasteiger partial charge in [-0.1, -0.05) is 59.3 Å². The monoisotopic (exact) mass is 414 g/mol. The Kier molecular flexibility index (Phi) is 4.44. The molecule has 0 saturated heterocycles. The number of alkyl halides is 1. The van der Waals surface area contributed by atoms with E-state index in [0.717, 1.165) is 45.1 Å². The number of hydrogen-bond acceptors (Lipinski definition) is 3. The maximum absolute atomic E-state index is 6.14. The van der Waals surface area contributed by atoms with Gasteiger partial charge in [0.1, 0.15) is 6.04 Å². The molecule has 0 spiro atoms. The Morgan fingerprint density at radius 2 is 1.88 bits per heavy atom. The average Bonchev–Trinajstić information content (AvgIpc) is 3.01. The average molecular weight is 416 g/mol. The Bertz CT molecular complexity index is 949. The van der Waals surface area contributed by atoms with Crippen LogP contribution >= 0.6 is 27.5 Å². The number of fused-ring (bicyclic) bond motifs is 3. The standard InChI is InChI=1S/C19H16BrClN4/c1-2-14-19-24-23-16(11-21)25(19)15-10-6-9-13(20)17(15)18(22-14)12-7-4-3-5-8-12/h3-10,14H,2,11H2,1H3. The van der Waals surface area contributed by atoms with E-state index in [-0.39, 0.29) is 6.04 Å². The van der Waals surface area contributed by atoms with Crippen molar-refractivity contribution in [1.29, 1.82) is 0 Å². The van der Waals surface area contributed by atoms with Crippen LogP contribution in [0.25, 0.3) is 5.69 Å². The Morgan fingerprint density at radius 3 is 2.60 bits per heavy atom. The van der Waals surface area contributed by atoms with E-state index in [0.29, 0.717) is 5.88 Å². The molecule has 4 rings (SSSR count). The first-order valence-electron chi connectivity index (χ1n) is 8.17. The van der Waals surface area contributed by atoms with Gasteiger partial charge >= 0.3 is 0 Å². The van der Waals surface area contributed by atoms with E-state index in [1.54, 1.807) is 0 Å². The molecule has 1 aromatic heterocycles. The molecule has 2 aromatic carbocycles. The predicted molar refractivity (Wildman–Crippen MR) is 104 cm³/mol. The number of aromatic nitrogens is 3. The fraction of sp³-hybridized carbons (Fsp3) is 0.211. The van der Waals surface area contributed by atoms with Crippen LogP contribution in [-0.4, -0.2) is 20.5 Å². The van der Waals surface area contributed by atoms with Gasteiger partial charge in [-0.15, -0.1) is 21.8 Å². The van der Waals surface area contributed by atoms with E-state index < -0.39 is 0 Å². The van der Waals surface area contributed by atoms with Crippen molar-refractivity contribution in [2.24, 2.45) is 4.99 Å². The molecule has 0 bridgehead atoms. The molecular formula is C19H16BrClN4. The number of rotatable bonds is 3. The fourth-order valence-corrected chi connectivity index (χ4v) is 3.91. The van der Waals surface area contributed by atoms with Crippen molar-refractivity contribution in [3.63, 3.8) is 0 Å². The van der Waals surface area contributed by atoms with Gasteiger partial charge in [0.25, 0.3) is 0 Å². The first-order chi connectivity index (χ1) is 12.2. The summed E-state index contributed by atoms with van der Waals surface area (Å²) in [7, 11) is 0. The summed E-state index contributed by atoms with van der Waals surface area (Å²) >= 11 is 9.85. The summed E-state index contributed by atoms with van der Waals surface area (Å²) in [6.45, 7) is 2.11. The van der Waals surface area contributed by atoms with Gasteiger partial charge in [-0.3, -0.25) is 9.56 Å². The molecule has 25 heavy (non-hydrogen) atoms. The second-order valence-electron chi connectivity index (χ2n) is 5.85. The minimum atomic E-state index is -0.0704. The molecule has 6 heteroatoms. The van der Waals surface area contributed by atoms with Crippen molar-refractivity contribution in [1.82, 2.24) is 14.8 Å². The smallest absolute Gasteiger partial charge is 0.162 e. The Balaban J connectivity index is 2.07. The second kappa shape index (κ2) is 6.73. The molecular weight excluding hydrogens is 400 g/mol. The lowest BCUT2D eigenvalue weighted by Crippen LogP contribution is -2.09. The third-order valence-corrected chi connectivity index (χ3v) is 5.26. The zero-order valence-electron chi connectivity index (χ0n) is 13.7. The van der Waals surface area contributed by atoms with Crippen LogP contribution < -0.4 is 0 Å². The molecule has 0 radical (unpaired) electrons. The number of hydrogen-bond donors (Lipinski definition) is 0. The van der Waals surface area contributed by atoms with Crippen LogP contribution in [0.2, 0.25) is 0 Å². The first-order valence-corrected chi connectivity index (χ1v) is 9.50. The van der Waals surface area contributed by atoms with Crippen molar-refractivity contribution >= 4 is 33.2 Å². The van der Waals surface area contributed by atoms with Crippen LogP contribution in [0, 0.1) is 0 Å². The number of benzene rings is 2. The van der Waals surface area contributed by atoms with Crippen LogP contribution in [0.4, 0.5) is 0 Å². The van der Waals surface area contributed by atoms with Crippen molar-refractivity contribution in [3.05, 3.63) is 75.8 Å². The summed E-state index contributed by atoms with van der Waals surface area (Å²) < 4.78 is 3.05. The maximum Gasteiger partial charge on any atom is 0.162 e. The fourth-order valence-electron chi connectivity index (χ4n) is 3.20. The predicted octanol–water partition coefficient (Wildman–Crippen LogP) is 5.07. The van der Waals surface area contributed by atoms with Crippen molar-refractivity contribution < 1.29 is 0 Å². The van der Waals surface area contributed by atoms with Crippen LogP contribution in [0.5, 0.6) is 0 Å². The number of halogens is 2. The Morgan fingerprint density at radius 1 is 1.08 bits per heavy atom. The molecule has 0 N–H and O–H groups in total. The van der Waals surface area contributed by atoms with Gasteiger partial charge in [-0.2, -0.15) is 0 Å². The third-order valence-electron chi connectivity index (χ3n) is 4.36. The summed E-state index contributed by atoms with van der Waals surface area (Å²) in [4.78, 5) is 5.08. The molecule has 0 saturated carbocycles. The lowest BCUT2D eigenvalue weighted by atomic mass is 10.0. The van der Waals surface area contributed by atoms with Gasteiger partial charge in [0.15, 0.2) is 11.6 Å². The largest absolute Gasteiger partial charge is 0.279 e. The van der Waals surface area contributed by atoms with Gasteiger partial charge in [0.05, 0.1) is 17.3 Å². The first kappa shape index (κ1) is 16.5. The van der Waals surface area contributed by atoms with Crippen molar-refractivity contribution in [3.8, 4) is 5.69 Å². The quantitative estimate of drug-likeness (QED) is 0.560. The van der Waals surface area contributed by atoms with Gasteiger partial charge in [0.2, 0.25) is 0 Å². The zero-order valence-corrected chi connectivity index (χ0v) is 16.0. The molecule has 0 amide bonds. The molecule has 0 aliphatic carbocycles. The van der Waals surface area contributed by atoms with Crippen LogP contribution in [0.1, 0.15) is 42.2 Å². The summed E-state index contributed by atoms with van der Waals surface area (Å²) in [5.41, 5.74) is 4.09. The highest BCUT2D eigenvalue weighted by Crippen LogP contribution is 2.35. The summed E-state index contributed by atoms with van der Waals surface area (Å²) in [5.74, 6) is 1.87. The van der Waals surface area contributed by atoms with E-state index in [1.165, 1.54) is 0 Å². The molecule has 3 aromatic rings. The molecule has 1 unspecified atom stereocenters. The molecule has 1 atom stereocenters. The number of nitrogens with zero attached hydrogens (tertiary/aromatic N) is 4. The Labute approximate surface area is 159 Å². The third kappa shape index (κ3) is 2.71. The van der Waals surface area contributed by atoms with Gasteiger partial charge < -0.3 is 0 Å². The normalized spacial score (nSPS) is 16.0. The van der Waals surface area contributed by atoms with Gasteiger partial charge in [0, 0.05) is 15.6 Å². The molecule has 2 heterocycles. The topological polar surface area (TPSA) is 43.1 Å². The highest BCUT2D eigenvalue weighted by atomic mass is 79.9. The van der Waals surface area contributed by atoms with Crippen LogP contribution in [-0.2, 0) is 5.88 Å². The Hall–Kier alpha value is -1.98. The second-order valence-corrected chi connectivity index (χ2v) is 6.97. The molecule has 4 nitrogen and oxygen atoms in total. The minimum absolute atomic E-state index is 0.0704. The lowest BCUT2D eigenvalue weighted by Gasteiger charge is -2.14. The molecule has 126 valence electrons. The summed E-state index contributed by atoms with van der Waals surface area (Å²) in [6.07, 6.45) is 0.836. The molecule has 1 aliphatic heterocycles. The lowest BCUT2D eigenvalue weighted by molar-refractivity contribution is 0.639. The van der Waals surface area contributed by atoms with E-state index >= 15 is 0 Å². The van der Waals surface area contributed by atoms with Crippen molar-refractivity contribution in [2.75, 3.05) is 0 Å². The van der Waals surface area contributed by atoms with Crippen LogP contribution in [0.15, 0.2) is 58.0 Å². The highest BCUT2D eigenvalue weighted by molar-refractivity contribution is 9.10. The minimum Gasteiger partial charge on any atom is -0.279 e. The van der Waals surface area contributed by atoms with Gasteiger partial charge in [-0.25, -0.2) is 0 Å². The van der Waals surface area contributed by atoms with E-state index in [2.05, 4.69) is 55.8 Å². The van der Waals surface area contributed by atoms with Crippen molar-refractivity contribution in [2.45, 2.75) is 25.3 Å². The highest BCUT2D eigenvalue weighted by Gasteiger charge is 2.28. The molecule has 1 aliphatic rings. The van der Waals surface area contributed by atoms with Crippen LogP contribution in [0.3, 0.4) is 0 Å². The van der Waals surface area contributed by atoms with E-state index in [9.17, 15) is 0 Å².